The smallest absolute Gasteiger partial charge is 0.167 e. The zero-order chi connectivity index (χ0) is 18.5. The molecule has 3 nitrogen and oxygen atoms in total. The van der Waals surface area contributed by atoms with Gasteiger partial charge in [-0.15, -0.1) is 0 Å². The summed E-state index contributed by atoms with van der Waals surface area (Å²) in [6, 6.07) is 13.7. The Kier molecular flexibility index (Phi) is 6.06. The standard InChI is InChI=1S/C21H22N2O.C2H6/c22-12-16-5-6-18-11-19(8-7-17(18)10-16)21(24)20-2-1-9-23(14-20)13-15-3-4-15;1-2/h5-8,10-11,15,20H,1-4,9,13-14H2;1-2H3/t20-;/m0./s1. The third-order valence-corrected chi connectivity index (χ3v) is 5.34. The summed E-state index contributed by atoms with van der Waals surface area (Å²) in [6.45, 7) is 7.24. The number of benzene rings is 2. The number of piperidine rings is 1. The average Bonchev–Trinajstić information content (AvgIpc) is 3.52. The van der Waals surface area contributed by atoms with Crippen LogP contribution in [0.5, 0.6) is 0 Å². The number of hydrogen-bond acceptors (Lipinski definition) is 3. The second-order valence-corrected chi connectivity index (χ2v) is 7.29. The van der Waals surface area contributed by atoms with Crippen molar-refractivity contribution in [2.24, 2.45) is 11.8 Å². The van der Waals surface area contributed by atoms with Gasteiger partial charge in [0.25, 0.3) is 0 Å². The first-order valence-corrected chi connectivity index (χ1v) is 9.93. The van der Waals surface area contributed by atoms with Crippen molar-refractivity contribution >= 4 is 16.6 Å². The number of carbonyl (C=O) groups is 1. The topological polar surface area (TPSA) is 44.1 Å². The molecule has 1 aliphatic carbocycles. The molecule has 136 valence electrons. The Labute approximate surface area is 156 Å². The van der Waals surface area contributed by atoms with Crippen LogP contribution in [0.2, 0.25) is 0 Å². The Balaban J connectivity index is 0.000000948. The van der Waals surface area contributed by atoms with Gasteiger partial charge in [-0.3, -0.25) is 4.79 Å². The zero-order valence-corrected chi connectivity index (χ0v) is 15.9. The molecular formula is C23H28N2O. The van der Waals surface area contributed by atoms with Crippen molar-refractivity contribution in [3.63, 3.8) is 0 Å². The Bertz CT molecular complexity index is 817. The Morgan fingerprint density at radius 2 is 1.85 bits per heavy atom. The summed E-state index contributed by atoms with van der Waals surface area (Å²) in [5, 5.41) is 11.0. The van der Waals surface area contributed by atoms with Crippen molar-refractivity contribution in [2.45, 2.75) is 39.5 Å². The van der Waals surface area contributed by atoms with Gasteiger partial charge in [0.05, 0.1) is 11.6 Å². The number of ketones is 1. The first kappa shape index (κ1) is 18.6. The highest BCUT2D eigenvalue weighted by Crippen LogP contribution is 2.32. The van der Waals surface area contributed by atoms with E-state index in [1.807, 2.05) is 50.2 Å². The lowest BCUT2D eigenvalue weighted by Crippen LogP contribution is -2.39. The van der Waals surface area contributed by atoms with Gasteiger partial charge in [-0.05, 0) is 67.1 Å². The van der Waals surface area contributed by atoms with Gasteiger partial charge in [0.1, 0.15) is 0 Å². The molecule has 3 heteroatoms. The lowest BCUT2D eigenvalue weighted by atomic mass is 9.89. The molecule has 0 unspecified atom stereocenters. The molecular weight excluding hydrogens is 320 g/mol. The summed E-state index contributed by atoms with van der Waals surface area (Å²) in [5.41, 5.74) is 1.47. The van der Waals surface area contributed by atoms with Crippen molar-refractivity contribution in [1.82, 2.24) is 4.90 Å². The van der Waals surface area contributed by atoms with E-state index in [0.717, 1.165) is 48.2 Å². The van der Waals surface area contributed by atoms with Gasteiger partial charge < -0.3 is 4.90 Å². The van der Waals surface area contributed by atoms with Crippen LogP contribution in [0.15, 0.2) is 36.4 Å². The minimum absolute atomic E-state index is 0.133. The molecule has 1 aliphatic heterocycles. The van der Waals surface area contributed by atoms with Gasteiger partial charge >= 0.3 is 0 Å². The third-order valence-electron chi connectivity index (χ3n) is 5.34. The number of rotatable bonds is 4. The van der Waals surface area contributed by atoms with Crippen LogP contribution in [0.4, 0.5) is 0 Å². The van der Waals surface area contributed by atoms with Crippen LogP contribution in [-0.2, 0) is 0 Å². The molecule has 1 atom stereocenters. The minimum Gasteiger partial charge on any atom is -0.302 e. The molecule has 4 rings (SSSR count). The molecule has 0 radical (unpaired) electrons. The predicted molar refractivity (Wildman–Crippen MR) is 106 cm³/mol. The number of Topliss-reactive ketones (excluding diaryl/α,β-unsaturated/α-hetero) is 1. The Hall–Kier alpha value is -2.18. The van der Waals surface area contributed by atoms with Crippen molar-refractivity contribution < 1.29 is 4.79 Å². The van der Waals surface area contributed by atoms with E-state index >= 15 is 0 Å². The summed E-state index contributed by atoms with van der Waals surface area (Å²) >= 11 is 0. The Morgan fingerprint density at radius 1 is 1.12 bits per heavy atom. The van der Waals surface area contributed by atoms with Crippen LogP contribution < -0.4 is 0 Å². The number of fused-ring (bicyclic) bond motifs is 1. The predicted octanol–water partition coefficient (Wildman–Crippen LogP) is 5.04. The van der Waals surface area contributed by atoms with E-state index in [2.05, 4.69) is 11.0 Å². The quantitative estimate of drug-likeness (QED) is 0.727. The number of nitrogens with zero attached hydrogens (tertiary/aromatic N) is 2. The second-order valence-electron chi connectivity index (χ2n) is 7.29. The first-order valence-electron chi connectivity index (χ1n) is 9.93. The van der Waals surface area contributed by atoms with Gasteiger partial charge in [0.2, 0.25) is 0 Å². The van der Waals surface area contributed by atoms with E-state index in [0.29, 0.717) is 5.56 Å². The van der Waals surface area contributed by atoms with Gasteiger partial charge in [0.15, 0.2) is 5.78 Å². The highest BCUT2D eigenvalue weighted by atomic mass is 16.1. The van der Waals surface area contributed by atoms with Crippen LogP contribution >= 0.6 is 0 Å². The Morgan fingerprint density at radius 3 is 2.58 bits per heavy atom. The van der Waals surface area contributed by atoms with Crippen molar-refractivity contribution in [2.75, 3.05) is 19.6 Å². The maximum atomic E-state index is 12.9. The van der Waals surface area contributed by atoms with Gasteiger partial charge in [-0.1, -0.05) is 32.0 Å². The van der Waals surface area contributed by atoms with E-state index in [4.69, 9.17) is 5.26 Å². The van der Waals surface area contributed by atoms with E-state index in [1.54, 1.807) is 0 Å². The van der Waals surface area contributed by atoms with Crippen LogP contribution in [0.25, 0.3) is 10.8 Å². The summed E-state index contributed by atoms with van der Waals surface area (Å²) in [5.74, 6) is 1.30. The summed E-state index contributed by atoms with van der Waals surface area (Å²) < 4.78 is 0. The summed E-state index contributed by atoms with van der Waals surface area (Å²) in [6.07, 6.45) is 4.86. The fourth-order valence-electron chi connectivity index (χ4n) is 3.81. The fraction of sp³-hybridized carbons (Fsp3) is 0.478. The van der Waals surface area contributed by atoms with Gasteiger partial charge in [0, 0.05) is 24.6 Å². The zero-order valence-electron chi connectivity index (χ0n) is 15.9. The SMILES string of the molecule is CC.N#Cc1ccc2cc(C(=O)[C@H]3CCCN(CC4CC4)C3)ccc2c1. The average molecular weight is 348 g/mol. The van der Waals surface area contributed by atoms with Crippen LogP contribution in [0.1, 0.15) is 55.5 Å². The largest absolute Gasteiger partial charge is 0.302 e. The molecule has 2 fully saturated rings. The highest BCUT2D eigenvalue weighted by molar-refractivity contribution is 6.01. The lowest BCUT2D eigenvalue weighted by molar-refractivity contribution is 0.0815. The summed E-state index contributed by atoms with van der Waals surface area (Å²) in [7, 11) is 0. The number of hydrogen-bond donors (Lipinski definition) is 0. The van der Waals surface area contributed by atoms with Crippen LogP contribution in [0.3, 0.4) is 0 Å². The fourth-order valence-corrected chi connectivity index (χ4v) is 3.81. The van der Waals surface area contributed by atoms with Crippen molar-refractivity contribution in [1.29, 1.82) is 5.26 Å². The minimum atomic E-state index is 0.133. The molecule has 1 saturated carbocycles. The maximum absolute atomic E-state index is 12.9. The number of carbonyl (C=O) groups excluding carboxylic acids is 1. The van der Waals surface area contributed by atoms with Crippen molar-refractivity contribution in [3.8, 4) is 6.07 Å². The van der Waals surface area contributed by atoms with Gasteiger partial charge in [-0.25, -0.2) is 0 Å². The number of nitriles is 1. The van der Waals surface area contributed by atoms with Gasteiger partial charge in [-0.2, -0.15) is 5.26 Å². The normalized spacial score (nSPS) is 20.1. The highest BCUT2D eigenvalue weighted by Gasteiger charge is 2.30. The molecule has 0 N–H and O–H groups in total. The summed E-state index contributed by atoms with van der Waals surface area (Å²) in [4.78, 5) is 15.4. The molecule has 0 aromatic heterocycles. The van der Waals surface area contributed by atoms with E-state index in [-0.39, 0.29) is 11.7 Å². The van der Waals surface area contributed by atoms with E-state index < -0.39 is 0 Å². The number of likely N-dealkylation sites (tertiary alicyclic amines) is 1. The molecule has 0 amide bonds. The van der Waals surface area contributed by atoms with Crippen LogP contribution in [-0.4, -0.2) is 30.3 Å². The molecule has 2 aromatic carbocycles. The second kappa shape index (κ2) is 8.47. The van der Waals surface area contributed by atoms with E-state index in [1.165, 1.54) is 19.4 Å². The molecule has 1 heterocycles. The molecule has 0 bridgehead atoms. The molecule has 26 heavy (non-hydrogen) atoms. The monoisotopic (exact) mass is 348 g/mol. The molecule has 0 spiro atoms. The third kappa shape index (κ3) is 4.31. The first-order chi connectivity index (χ1) is 12.7. The molecule has 2 aromatic rings. The molecule has 2 aliphatic rings. The lowest BCUT2D eigenvalue weighted by Gasteiger charge is -2.32. The van der Waals surface area contributed by atoms with E-state index in [9.17, 15) is 4.79 Å². The van der Waals surface area contributed by atoms with Crippen LogP contribution in [0, 0.1) is 23.2 Å². The molecule has 1 saturated heterocycles. The van der Waals surface area contributed by atoms with Crippen molar-refractivity contribution in [3.05, 3.63) is 47.5 Å². The maximum Gasteiger partial charge on any atom is 0.167 e.